The lowest BCUT2D eigenvalue weighted by molar-refractivity contribution is 0.215. The van der Waals surface area contributed by atoms with E-state index >= 15 is 0 Å². The zero-order chi connectivity index (χ0) is 12.1. The van der Waals surface area contributed by atoms with Gasteiger partial charge in [0.1, 0.15) is 0 Å². The maximum Gasteiger partial charge on any atom is 0.0940 e. The Labute approximate surface area is 112 Å². The van der Waals surface area contributed by atoms with E-state index in [2.05, 4.69) is 46.3 Å². The minimum atomic E-state index is 0.531. The molecule has 3 nitrogen and oxygen atoms in total. The van der Waals surface area contributed by atoms with Crippen molar-refractivity contribution in [2.45, 2.75) is 25.4 Å². The van der Waals surface area contributed by atoms with Gasteiger partial charge in [-0.2, -0.15) is 11.8 Å². The number of nitrogens with one attached hydrogen (secondary N) is 1. The first-order chi connectivity index (χ1) is 8.31. The van der Waals surface area contributed by atoms with Crippen LogP contribution in [0.25, 0.3) is 0 Å². The van der Waals surface area contributed by atoms with E-state index in [-0.39, 0.29) is 0 Å². The topological polar surface area (TPSA) is 28.2 Å². The van der Waals surface area contributed by atoms with E-state index < -0.39 is 0 Å². The van der Waals surface area contributed by atoms with Gasteiger partial charge < -0.3 is 10.2 Å². The molecule has 0 bridgehead atoms. The number of thiazole rings is 1. The van der Waals surface area contributed by atoms with Crippen molar-refractivity contribution in [2.75, 3.05) is 31.6 Å². The molecule has 17 heavy (non-hydrogen) atoms. The molecule has 2 atom stereocenters. The van der Waals surface area contributed by atoms with Crippen LogP contribution in [0.4, 0.5) is 0 Å². The third-order valence-electron chi connectivity index (χ3n) is 3.25. The molecule has 2 heterocycles. The molecule has 0 radical (unpaired) electrons. The molecule has 2 rings (SSSR count). The lowest BCUT2D eigenvalue weighted by atomic mass is 10.1. The van der Waals surface area contributed by atoms with Gasteiger partial charge in [0.15, 0.2) is 0 Å². The highest BCUT2D eigenvalue weighted by molar-refractivity contribution is 7.99. The van der Waals surface area contributed by atoms with Crippen LogP contribution in [0.5, 0.6) is 0 Å². The van der Waals surface area contributed by atoms with E-state index in [0.29, 0.717) is 12.1 Å². The Morgan fingerprint density at radius 2 is 2.53 bits per heavy atom. The van der Waals surface area contributed by atoms with Crippen LogP contribution in [0.2, 0.25) is 0 Å². The van der Waals surface area contributed by atoms with Gasteiger partial charge in [0.25, 0.3) is 0 Å². The minimum Gasteiger partial charge on any atom is -0.312 e. The summed E-state index contributed by atoms with van der Waals surface area (Å²) in [5.41, 5.74) is 0. The summed E-state index contributed by atoms with van der Waals surface area (Å²) in [7, 11) is 2.25. The van der Waals surface area contributed by atoms with Crippen molar-refractivity contribution in [3.05, 3.63) is 16.6 Å². The van der Waals surface area contributed by atoms with Crippen molar-refractivity contribution < 1.29 is 0 Å². The average Bonchev–Trinajstić information content (AvgIpc) is 2.82. The van der Waals surface area contributed by atoms with Crippen LogP contribution in [0.15, 0.2) is 11.6 Å². The second-order valence-electron chi connectivity index (χ2n) is 4.42. The Hall–Kier alpha value is -0.100. The average molecular weight is 271 g/mol. The molecule has 0 aliphatic carbocycles. The van der Waals surface area contributed by atoms with Crippen LogP contribution in [-0.4, -0.2) is 53.6 Å². The Morgan fingerprint density at radius 3 is 3.18 bits per heavy atom. The summed E-state index contributed by atoms with van der Waals surface area (Å²) in [6, 6.07) is 1.17. The second-order valence-corrected chi connectivity index (χ2v) is 6.55. The quantitative estimate of drug-likeness (QED) is 0.882. The number of nitrogens with zero attached hydrogens (tertiary/aromatic N) is 2. The van der Waals surface area contributed by atoms with E-state index in [1.165, 1.54) is 23.1 Å². The normalized spacial score (nSPS) is 23.8. The zero-order valence-electron chi connectivity index (χ0n) is 10.6. The molecule has 1 aromatic heterocycles. The zero-order valence-corrected chi connectivity index (χ0v) is 12.2. The number of hydrogen-bond acceptors (Lipinski definition) is 5. The second kappa shape index (κ2) is 6.73. The third kappa shape index (κ3) is 3.68. The number of thioether (sulfide) groups is 1. The summed E-state index contributed by atoms with van der Waals surface area (Å²) < 4.78 is 0. The summed E-state index contributed by atoms with van der Waals surface area (Å²) in [5, 5.41) is 6.95. The van der Waals surface area contributed by atoms with Crippen LogP contribution >= 0.6 is 23.1 Å². The fourth-order valence-electron chi connectivity index (χ4n) is 2.28. The molecule has 0 saturated carbocycles. The van der Waals surface area contributed by atoms with E-state index in [1.807, 2.05) is 6.20 Å². The lowest BCUT2D eigenvalue weighted by Crippen LogP contribution is -2.53. The van der Waals surface area contributed by atoms with Gasteiger partial charge in [0, 0.05) is 48.1 Å². The molecule has 0 spiro atoms. The van der Waals surface area contributed by atoms with Gasteiger partial charge in [-0.25, -0.2) is 4.98 Å². The van der Waals surface area contributed by atoms with Gasteiger partial charge >= 0.3 is 0 Å². The van der Waals surface area contributed by atoms with Crippen molar-refractivity contribution in [1.29, 1.82) is 0 Å². The highest BCUT2D eigenvalue weighted by Gasteiger charge is 2.27. The standard InChI is InChI=1S/C12H21N3S2/c1-3-13-10(8-12-14-4-6-17-12)11-9-16-7-5-15(11)2/h4,6,10-11,13H,3,5,7-9H2,1-2H3. The van der Waals surface area contributed by atoms with Crippen molar-refractivity contribution >= 4 is 23.1 Å². The molecular weight excluding hydrogens is 250 g/mol. The summed E-state index contributed by atoms with van der Waals surface area (Å²) in [5.74, 6) is 2.50. The number of rotatable bonds is 5. The van der Waals surface area contributed by atoms with Crippen LogP contribution in [0, 0.1) is 0 Å². The number of likely N-dealkylation sites (N-methyl/N-ethyl adjacent to an activating group) is 2. The Balaban J connectivity index is 1.99. The molecule has 96 valence electrons. The summed E-state index contributed by atoms with van der Waals surface area (Å²) in [6.45, 7) is 4.42. The van der Waals surface area contributed by atoms with Crippen molar-refractivity contribution in [3.63, 3.8) is 0 Å². The van der Waals surface area contributed by atoms with Crippen LogP contribution in [0.3, 0.4) is 0 Å². The fourth-order valence-corrected chi connectivity index (χ4v) is 4.27. The molecule has 1 aliphatic heterocycles. The predicted molar refractivity (Wildman–Crippen MR) is 77.0 cm³/mol. The largest absolute Gasteiger partial charge is 0.312 e. The number of hydrogen-bond donors (Lipinski definition) is 1. The van der Waals surface area contributed by atoms with Gasteiger partial charge in [-0.15, -0.1) is 11.3 Å². The molecule has 0 aromatic carbocycles. The van der Waals surface area contributed by atoms with Crippen molar-refractivity contribution in [1.82, 2.24) is 15.2 Å². The monoisotopic (exact) mass is 271 g/mol. The van der Waals surface area contributed by atoms with Gasteiger partial charge in [-0.1, -0.05) is 6.92 Å². The first-order valence-electron chi connectivity index (χ1n) is 6.21. The van der Waals surface area contributed by atoms with Gasteiger partial charge in [0.05, 0.1) is 5.01 Å². The summed E-state index contributed by atoms with van der Waals surface area (Å²) in [6.07, 6.45) is 2.96. The fraction of sp³-hybridized carbons (Fsp3) is 0.750. The Morgan fingerprint density at radius 1 is 1.65 bits per heavy atom. The minimum absolute atomic E-state index is 0.531. The summed E-state index contributed by atoms with van der Waals surface area (Å²) >= 11 is 3.84. The first-order valence-corrected chi connectivity index (χ1v) is 8.24. The molecule has 1 fully saturated rings. The molecule has 5 heteroatoms. The Kier molecular flexibility index (Phi) is 5.28. The third-order valence-corrected chi connectivity index (χ3v) is 5.10. The Bertz CT molecular complexity index is 316. The van der Waals surface area contributed by atoms with Gasteiger partial charge in [-0.05, 0) is 13.6 Å². The smallest absolute Gasteiger partial charge is 0.0940 e. The van der Waals surface area contributed by atoms with Crippen molar-refractivity contribution in [3.8, 4) is 0 Å². The van der Waals surface area contributed by atoms with Gasteiger partial charge in [-0.3, -0.25) is 0 Å². The maximum absolute atomic E-state index is 4.41. The van der Waals surface area contributed by atoms with E-state index in [1.54, 1.807) is 11.3 Å². The molecule has 1 aliphatic rings. The predicted octanol–water partition coefficient (Wildman–Crippen LogP) is 1.71. The van der Waals surface area contributed by atoms with Crippen LogP contribution < -0.4 is 5.32 Å². The van der Waals surface area contributed by atoms with E-state index in [9.17, 15) is 0 Å². The molecule has 0 amide bonds. The highest BCUT2D eigenvalue weighted by atomic mass is 32.2. The summed E-state index contributed by atoms with van der Waals surface area (Å²) in [4.78, 5) is 6.91. The lowest BCUT2D eigenvalue weighted by Gasteiger charge is -2.37. The molecular formula is C12H21N3S2. The van der Waals surface area contributed by atoms with Crippen molar-refractivity contribution in [2.24, 2.45) is 0 Å². The van der Waals surface area contributed by atoms with E-state index in [0.717, 1.165) is 13.0 Å². The molecule has 2 unspecified atom stereocenters. The number of aromatic nitrogens is 1. The maximum atomic E-state index is 4.41. The van der Waals surface area contributed by atoms with E-state index in [4.69, 9.17) is 0 Å². The first kappa shape index (κ1) is 13.3. The SMILES string of the molecule is CCNC(Cc1nccs1)C1CSCCN1C. The van der Waals surface area contributed by atoms with Crippen LogP contribution in [-0.2, 0) is 6.42 Å². The van der Waals surface area contributed by atoms with Gasteiger partial charge in [0.2, 0.25) is 0 Å². The van der Waals surface area contributed by atoms with Crippen LogP contribution in [0.1, 0.15) is 11.9 Å². The molecule has 1 N–H and O–H groups in total. The highest BCUT2D eigenvalue weighted by Crippen LogP contribution is 2.20. The molecule has 1 aromatic rings. The molecule has 1 saturated heterocycles.